The Balaban J connectivity index is 1.85. The third kappa shape index (κ3) is 4.12. The van der Waals surface area contributed by atoms with E-state index < -0.39 is 0 Å². The van der Waals surface area contributed by atoms with E-state index in [9.17, 15) is 0 Å². The molecule has 0 atom stereocenters. The van der Waals surface area contributed by atoms with Gasteiger partial charge >= 0.3 is 0 Å². The van der Waals surface area contributed by atoms with E-state index in [0.29, 0.717) is 18.1 Å². The Morgan fingerprint density at radius 3 is 2.42 bits per heavy atom. The van der Waals surface area contributed by atoms with Crippen LogP contribution in [0.3, 0.4) is 0 Å². The van der Waals surface area contributed by atoms with Crippen molar-refractivity contribution < 1.29 is 19.0 Å². The fourth-order valence-corrected chi connectivity index (χ4v) is 1.71. The minimum atomic E-state index is -0.0891. The molecule has 102 valence electrons. The molecule has 0 radical (unpaired) electrons. The molecule has 2 rings (SSSR count). The van der Waals surface area contributed by atoms with E-state index in [2.05, 4.69) is 0 Å². The van der Waals surface area contributed by atoms with Gasteiger partial charge in [0.05, 0.1) is 6.61 Å². The molecule has 1 aromatic heterocycles. The van der Waals surface area contributed by atoms with E-state index in [1.54, 1.807) is 19.2 Å². The van der Waals surface area contributed by atoms with Crippen LogP contribution in [-0.2, 0) is 24.4 Å². The smallest absolute Gasteiger partial charge is 0.146 e. The molecule has 0 aliphatic heterocycles. The molecular formula is C15H18O4. The number of aliphatic hydroxyl groups excluding tert-OH is 1. The molecule has 1 N–H and O–H groups in total. The van der Waals surface area contributed by atoms with Crippen LogP contribution in [0.2, 0.25) is 0 Å². The van der Waals surface area contributed by atoms with Crippen molar-refractivity contribution in [3.63, 3.8) is 0 Å². The molecule has 0 amide bonds. The summed E-state index contributed by atoms with van der Waals surface area (Å²) >= 11 is 0. The van der Waals surface area contributed by atoms with Crippen molar-refractivity contribution in [2.24, 2.45) is 0 Å². The quantitative estimate of drug-likeness (QED) is 0.833. The maximum absolute atomic E-state index is 8.89. The second-order valence-electron chi connectivity index (χ2n) is 4.20. The van der Waals surface area contributed by atoms with Crippen molar-refractivity contribution in [2.45, 2.75) is 19.6 Å². The fraction of sp³-hybridized carbons (Fsp3) is 0.333. The van der Waals surface area contributed by atoms with Crippen molar-refractivity contribution in [1.29, 1.82) is 0 Å². The molecule has 0 spiro atoms. The molecule has 1 aromatic carbocycles. The standard InChI is InChI=1S/C15H18O4/c1-17-9-8-12-2-4-13(5-3-12)18-11-15-7-6-14(10-16)19-15/h2-7,16H,8-11H2,1H3. The van der Waals surface area contributed by atoms with Crippen LogP contribution in [0, 0.1) is 0 Å². The minimum Gasteiger partial charge on any atom is -0.486 e. The molecule has 0 saturated heterocycles. The first-order chi connectivity index (χ1) is 9.31. The molecule has 4 heteroatoms. The van der Waals surface area contributed by atoms with Crippen LogP contribution >= 0.6 is 0 Å². The molecule has 0 saturated carbocycles. The van der Waals surface area contributed by atoms with Crippen LogP contribution in [0.1, 0.15) is 17.1 Å². The van der Waals surface area contributed by atoms with Crippen LogP contribution in [0.15, 0.2) is 40.8 Å². The van der Waals surface area contributed by atoms with Gasteiger partial charge in [-0.25, -0.2) is 0 Å². The SMILES string of the molecule is COCCc1ccc(OCc2ccc(CO)o2)cc1. The lowest BCUT2D eigenvalue weighted by Crippen LogP contribution is -1.96. The Morgan fingerprint density at radius 2 is 1.79 bits per heavy atom. The van der Waals surface area contributed by atoms with E-state index in [4.69, 9.17) is 19.0 Å². The molecule has 4 nitrogen and oxygen atoms in total. The van der Waals surface area contributed by atoms with E-state index in [0.717, 1.165) is 18.8 Å². The van der Waals surface area contributed by atoms with Crippen LogP contribution in [-0.4, -0.2) is 18.8 Å². The van der Waals surface area contributed by atoms with E-state index in [1.165, 1.54) is 5.56 Å². The van der Waals surface area contributed by atoms with E-state index in [1.807, 2.05) is 24.3 Å². The van der Waals surface area contributed by atoms with Crippen LogP contribution in [0.4, 0.5) is 0 Å². The third-order valence-corrected chi connectivity index (χ3v) is 2.77. The largest absolute Gasteiger partial charge is 0.486 e. The normalized spacial score (nSPS) is 10.6. The van der Waals surface area contributed by atoms with Gasteiger partial charge in [0.2, 0.25) is 0 Å². The highest BCUT2D eigenvalue weighted by Crippen LogP contribution is 2.16. The summed E-state index contributed by atoms with van der Waals surface area (Å²) in [5.41, 5.74) is 1.22. The average molecular weight is 262 g/mol. The molecule has 1 heterocycles. The summed E-state index contributed by atoms with van der Waals surface area (Å²) in [4.78, 5) is 0. The van der Waals surface area contributed by atoms with Gasteiger partial charge in [-0.05, 0) is 36.2 Å². The predicted molar refractivity (Wildman–Crippen MR) is 71.0 cm³/mol. The van der Waals surface area contributed by atoms with Gasteiger partial charge in [-0.2, -0.15) is 0 Å². The monoisotopic (exact) mass is 262 g/mol. The average Bonchev–Trinajstić information content (AvgIpc) is 2.92. The Hall–Kier alpha value is -1.78. The summed E-state index contributed by atoms with van der Waals surface area (Å²) in [5, 5.41) is 8.89. The maximum atomic E-state index is 8.89. The minimum absolute atomic E-state index is 0.0891. The Morgan fingerprint density at radius 1 is 1.05 bits per heavy atom. The second-order valence-corrected chi connectivity index (χ2v) is 4.20. The van der Waals surface area contributed by atoms with Crippen molar-refractivity contribution in [3.05, 3.63) is 53.5 Å². The van der Waals surface area contributed by atoms with E-state index in [-0.39, 0.29) is 6.61 Å². The fourth-order valence-electron chi connectivity index (χ4n) is 1.71. The number of furan rings is 1. The second kappa shape index (κ2) is 6.97. The molecule has 0 fully saturated rings. The van der Waals surface area contributed by atoms with Crippen molar-refractivity contribution in [2.75, 3.05) is 13.7 Å². The van der Waals surface area contributed by atoms with E-state index >= 15 is 0 Å². The first-order valence-corrected chi connectivity index (χ1v) is 6.21. The van der Waals surface area contributed by atoms with Gasteiger partial charge in [0.25, 0.3) is 0 Å². The lowest BCUT2D eigenvalue weighted by atomic mass is 10.1. The summed E-state index contributed by atoms with van der Waals surface area (Å²) in [5.74, 6) is 2.05. The zero-order valence-electron chi connectivity index (χ0n) is 11.0. The Labute approximate surface area is 112 Å². The number of rotatable bonds is 7. The zero-order chi connectivity index (χ0) is 13.5. The lowest BCUT2D eigenvalue weighted by molar-refractivity contribution is 0.202. The lowest BCUT2D eigenvalue weighted by Gasteiger charge is -2.05. The van der Waals surface area contributed by atoms with Crippen molar-refractivity contribution >= 4 is 0 Å². The summed E-state index contributed by atoms with van der Waals surface area (Å²) in [6.07, 6.45) is 0.898. The van der Waals surface area contributed by atoms with Gasteiger partial charge in [-0.3, -0.25) is 0 Å². The molecule has 0 unspecified atom stereocenters. The van der Waals surface area contributed by atoms with Gasteiger partial charge < -0.3 is 19.0 Å². The van der Waals surface area contributed by atoms with Crippen molar-refractivity contribution in [3.8, 4) is 5.75 Å². The highest BCUT2D eigenvalue weighted by molar-refractivity contribution is 5.27. The zero-order valence-corrected chi connectivity index (χ0v) is 11.0. The molecule has 0 aliphatic carbocycles. The molecule has 2 aromatic rings. The number of aliphatic hydroxyl groups is 1. The number of benzene rings is 1. The Bertz CT molecular complexity index is 487. The summed E-state index contributed by atoms with van der Waals surface area (Å²) in [6.45, 7) is 0.988. The molecular weight excluding hydrogens is 244 g/mol. The molecule has 0 bridgehead atoms. The van der Waals surface area contributed by atoms with Crippen molar-refractivity contribution in [1.82, 2.24) is 0 Å². The predicted octanol–water partition coefficient (Wildman–Crippen LogP) is 2.54. The number of hydrogen-bond acceptors (Lipinski definition) is 4. The molecule has 19 heavy (non-hydrogen) atoms. The summed E-state index contributed by atoms with van der Waals surface area (Å²) in [6, 6.07) is 11.5. The number of ether oxygens (including phenoxy) is 2. The van der Waals surface area contributed by atoms with Gasteiger partial charge in [-0.15, -0.1) is 0 Å². The molecule has 0 aliphatic rings. The first kappa shape index (κ1) is 13.6. The van der Waals surface area contributed by atoms with Gasteiger partial charge in [0, 0.05) is 7.11 Å². The van der Waals surface area contributed by atoms with Gasteiger partial charge in [0.1, 0.15) is 30.5 Å². The van der Waals surface area contributed by atoms with Gasteiger partial charge in [0.15, 0.2) is 0 Å². The Kier molecular flexibility index (Phi) is 5.01. The highest BCUT2D eigenvalue weighted by atomic mass is 16.5. The van der Waals surface area contributed by atoms with Gasteiger partial charge in [-0.1, -0.05) is 12.1 Å². The first-order valence-electron chi connectivity index (χ1n) is 6.21. The van der Waals surface area contributed by atoms with Crippen LogP contribution in [0.5, 0.6) is 5.75 Å². The van der Waals surface area contributed by atoms with Crippen LogP contribution < -0.4 is 4.74 Å². The summed E-state index contributed by atoms with van der Waals surface area (Å²) < 4.78 is 16.0. The topological polar surface area (TPSA) is 51.8 Å². The van der Waals surface area contributed by atoms with Crippen LogP contribution in [0.25, 0.3) is 0 Å². The highest BCUT2D eigenvalue weighted by Gasteiger charge is 2.02. The third-order valence-electron chi connectivity index (χ3n) is 2.77. The maximum Gasteiger partial charge on any atom is 0.146 e. The number of hydrogen-bond donors (Lipinski definition) is 1. The number of methoxy groups -OCH3 is 1. The summed E-state index contributed by atoms with van der Waals surface area (Å²) in [7, 11) is 1.70.